The van der Waals surface area contributed by atoms with Crippen LogP contribution in [-0.2, 0) is 23.0 Å². The Balaban J connectivity index is 1.97. The summed E-state index contributed by atoms with van der Waals surface area (Å²) in [7, 11) is -3.87. The van der Waals surface area contributed by atoms with Gasteiger partial charge in [0.05, 0.1) is 0 Å². The molecule has 1 heterocycles. The number of phenols is 1. The number of nitrogens with zero attached hydrogens (tertiary/aromatic N) is 1. The lowest BCUT2D eigenvalue weighted by Crippen LogP contribution is -2.36. The number of rotatable bonds is 2. The zero-order chi connectivity index (χ0) is 15.0. The molecule has 1 aliphatic rings. The van der Waals surface area contributed by atoms with E-state index in [1.165, 1.54) is 22.5 Å². The van der Waals surface area contributed by atoms with Gasteiger partial charge in [-0.25, -0.2) is 12.8 Å². The van der Waals surface area contributed by atoms with Crippen LogP contribution in [0.3, 0.4) is 0 Å². The van der Waals surface area contributed by atoms with Crippen molar-refractivity contribution in [2.75, 3.05) is 6.54 Å². The van der Waals surface area contributed by atoms with E-state index in [-0.39, 0.29) is 17.2 Å². The van der Waals surface area contributed by atoms with Gasteiger partial charge in [-0.2, -0.15) is 4.31 Å². The molecule has 0 unspecified atom stereocenters. The lowest BCUT2D eigenvalue weighted by Gasteiger charge is -2.28. The van der Waals surface area contributed by atoms with Gasteiger partial charge in [-0.3, -0.25) is 0 Å². The second-order valence-corrected chi connectivity index (χ2v) is 6.88. The highest BCUT2D eigenvalue weighted by atomic mass is 32.2. The molecule has 0 aromatic heterocycles. The number of hydrogen-bond donors (Lipinski definition) is 1. The Morgan fingerprint density at radius 3 is 2.62 bits per heavy atom. The predicted molar refractivity (Wildman–Crippen MR) is 75.8 cm³/mol. The molecule has 3 rings (SSSR count). The van der Waals surface area contributed by atoms with Gasteiger partial charge in [0, 0.05) is 13.1 Å². The number of halogens is 1. The SMILES string of the molecule is O=S(=O)(c1ccccc1F)N1CCc2ccc(O)cc2C1. The maximum atomic E-state index is 13.8. The van der Waals surface area contributed by atoms with Gasteiger partial charge in [0.25, 0.3) is 0 Å². The average molecular weight is 307 g/mol. The number of benzene rings is 2. The summed E-state index contributed by atoms with van der Waals surface area (Å²) in [6.45, 7) is 0.439. The topological polar surface area (TPSA) is 57.6 Å². The number of phenolic OH excluding ortho intramolecular Hbond substituents is 1. The lowest BCUT2D eigenvalue weighted by atomic mass is 10.0. The van der Waals surface area contributed by atoms with Crippen LogP contribution in [0.4, 0.5) is 4.39 Å². The van der Waals surface area contributed by atoms with Crippen molar-refractivity contribution in [1.82, 2.24) is 4.31 Å². The molecule has 0 atom stereocenters. The van der Waals surface area contributed by atoms with Crippen LogP contribution in [0, 0.1) is 5.82 Å². The largest absolute Gasteiger partial charge is 0.508 e. The molecule has 0 fully saturated rings. The Bertz CT molecular complexity index is 789. The standard InChI is InChI=1S/C15H14FNO3S/c16-14-3-1-2-4-15(14)21(19,20)17-8-7-11-5-6-13(18)9-12(11)10-17/h1-6,9,18H,7-8,10H2. The van der Waals surface area contributed by atoms with Crippen LogP contribution in [-0.4, -0.2) is 24.4 Å². The summed E-state index contributed by atoms with van der Waals surface area (Å²) in [6.07, 6.45) is 0.545. The van der Waals surface area contributed by atoms with E-state index < -0.39 is 15.8 Å². The second-order valence-electron chi connectivity index (χ2n) is 4.97. The molecule has 2 aromatic rings. The molecular weight excluding hydrogens is 293 g/mol. The quantitative estimate of drug-likeness (QED) is 0.926. The smallest absolute Gasteiger partial charge is 0.246 e. The number of fused-ring (bicyclic) bond motifs is 1. The van der Waals surface area contributed by atoms with Crippen LogP contribution in [0.1, 0.15) is 11.1 Å². The summed E-state index contributed by atoms with van der Waals surface area (Å²) >= 11 is 0. The zero-order valence-electron chi connectivity index (χ0n) is 11.2. The molecule has 0 spiro atoms. The molecule has 4 nitrogen and oxygen atoms in total. The number of hydrogen-bond acceptors (Lipinski definition) is 3. The van der Waals surface area contributed by atoms with E-state index in [0.717, 1.165) is 17.2 Å². The number of sulfonamides is 1. The van der Waals surface area contributed by atoms with Crippen LogP contribution < -0.4 is 0 Å². The van der Waals surface area contributed by atoms with Crippen LogP contribution in [0.2, 0.25) is 0 Å². The molecule has 0 saturated heterocycles. The molecule has 21 heavy (non-hydrogen) atoms. The first-order valence-corrected chi connectivity index (χ1v) is 7.98. The van der Waals surface area contributed by atoms with Gasteiger partial charge < -0.3 is 5.11 Å². The van der Waals surface area contributed by atoms with Gasteiger partial charge in [0.15, 0.2) is 0 Å². The summed E-state index contributed by atoms with van der Waals surface area (Å²) in [4.78, 5) is -0.311. The Hall–Kier alpha value is -1.92. The van der Waals surface area contributed by atoms with Crippen molar-refractivity contribution in [2.24, 2.45) is 0 Å². The van der Waals surface area contributed by atoms with E-state index in [9.17, 15) is 17.9 Å². The molecule has 0 radical (unpaired) electrons. The molecular formula is C15H14FNO3S. The first-order chi connectivity index (χ1) is 9.98. The highest BCUT2D eigenvalue weighted by Crippen LogP contribution is 2.28. The molecule has 0 aliphatic carbocycles. The monoisotopic (exact) mass is 307 g/mol. The fraction of sp³-hybridized carbons (Fsp3) is 0.200. The third kappa shape index (κ3) is 2.52. The van der Waals surface area contributed by atoms with Crippen molar-refractivity contribution < 1.29 is 17.9 Å². The predicted octanol–water partition coefficient (Wildman–Crippen LogP) is 2.28. The summed E-state index contributed by atoms with van der Waals surface area (Å²) in [6, 6.07) is 10.3. The van der Waals surface area contributed by atoms with Crippen LogP contribution in [0.25, 0.3) is 0 Å². The van der Waals surface area contributed by atoms with E-state index in [1.54, 1.807) is 18.2 Å². The van der Waals surface area contributed by atoms with Crippen molar-refractivity contribution >= 4 is 10.0 Å². The van der Waals surface area contributed by atoms with Gasteiger partial charge in [-0.05, 0) is 41.8 Å². The van der Waals surface area contributed by atoms with Crippen LogP contribution >= 0.6 is 0 Å². The molecule has 6 heteroatoms. The highest BCUT2D eigenvalue weighted by Gasteiger charge is 2.30. The minimum absolute atomic E-state index is 0.0962. The molecule has 110 valence electrons. The Labute approximate surface area is 122 Å². The normalized spacial score (nSPS) is 15.7. The van der Waals surface area contributed by atoms with E-state index in [2.05, 4.69) is 0 Å². The third-order valence-electron chi connectivity index (χ3n) is 3.62. The average Bonchev–Trinajstić information content (AvgIpc) is 2.46. The first-order valence-electron chi connectivity index (χ1n) is 6.54. The summed E-state index contributed by atoms with van der Waals surface area (Å²) in [5.74, 6) is -0.655. The second kappa shape index (κ2) is 5.13. The maximum absolute atomic E-state index is 13.8. The van der Waals surface area contributed by atoms with Gasteiger partial charge in [-0.1, -0.05) is 18.2 Å². The fourth-order valence-electron chi connectivity index (χ4n) is 2.52. The van der Waals surface area contributed by atoms with Crippen molar-refractivity contribution in [1.29, 1.82) is 0 Å². The Morgan fingerprint density at radius 2 is 1.86 bits per heavy atom. The molecule has 0 bridgehead atoms. The van der Waals surface area contributed by atoms with Crippen molar-refractivity contribution in [3.05, 3.63) is 59.4 Å². The first kappa shape index (κ1) is 14.0. The van der Waals surface area contributed by atoms with E-state index >= 15 is 0 Å². The van der Waals surface area contributed by atoms with Gasteiger partial charge >= 0.3 is 0 Å². The minimum atomic E-state index is -3.87. The fourth-order valence-corrected chi connectivity index (χ4v) is 4.00. The molecule has 1 N–H and O–H groups in total. The third-order valence-corrected chi connectivity index (χ3v) is 5.50. The van der Waals surface area contributed by atoms with Crippen LogP contribution in [0.5, 0.6) is 5.75 Å². The zero-order valence-corrected chi connectivity index (χ0v) is 12.0. The number of aromatic hydroxyl groups is 1. The van der Waals surface area contributed by atoms with E-state index in [4.69, 9.17) is 0 Å². The Kier molecular flexibility index (Phi) is 3.43. The maximum Gasteiger partial charge on any atom is 0.246 e. The molecule has 2 aromatic carbocycles. The minimum Gasteiger partial charge on any atom is -0.508 e. The highest BCUT2D eigenvalue weighted by molar-refractivity contribution is 7.89. The van der Waals surface area contributed by atoms with E-state index in [0.29, 0.717) is 13.0 Å². The van der Waals surface area contributed by atoms with Crippen LogP contribution in [0.15, 0.2) is 47.4 Å². The summed E-state index contributed by atoms with van der Waals surface area (Å²) < 4.78 is 40.1. The molecule has 0 saturated carbocycles. The summed E-state index contributed by atoms with van der Waals surface area (Å²) in [5, 5.41) is 9.51. The van der Waals surface area contributed by atoms with Crippen molar-refractivity contribution in [3.63, 3.8) is 0 Å². The van der Waals surface area contributed by atoms with Gasteiger partial charge in [0.1, 0.15) is 16.5 Å². The molecule has 0 amide bonds. The van der Waals surface area contributed by atoms with E-state index in [1.807, 2.05) is 0 Å². The Morgan fingerprint density at radius 1 is 1.10 bits per heavy atom. The lowest BCUT2D eigenvalue weighted by molar-refractivity contribution is 0.386. The molecule has 1 aliphatic heterocycles. The van der Waals surface area contributed by atoms with Crippen molar-refractivity contribution in [2.45, 2.75) is 17.9 Å². The van der Waals surface area contributed by atoms with Crippen molar-refractivity contribution in [3.8, 4) is 5.75 Å². The van der Waals surface area contributed by atoms with Gasteiger partial charge in [0.2, 0.25) is 10.0 Å². The summed E-state index contributed by atoms with van der Waals surface area (Å²) in [5.41, 5.74) is 1.76. The van der Waals surface area contributed by atoms with Gasteiger partial charge in [-0.15, -0.1) is 0 Å².